The van der Waals surface area contributed by atoms with Gasteiger partial charge in [-0.15, -0.1) is 16.8 Å². The molecule has 1 atom stereocenters. The highest BCUT2D eigenvalue weighted by Gasteiger charge is 2.19. The number of benzene rings is 2. The Morgan fingerprint density at radius 3 is 2.72 bits per heavy atom. The summed E-state index contributed by atoms with van der Waals surface area (Å²) in [6, 6.07) is 17.4. The van der Waals surface area contributed by atoms with E-state index in [0.29, 0.717) is 24.0 Å². The molecular weight excluding hydrogens is 634 g/mol. The van der Waals surface area contributed by atoms with Crippen LogP contribution in [0.3, 0.4) is 0 Å². The number of aromatic nitrogens is 3. The Kier molecular flexibility index (Phi) is 10.1. The second-order valence-electron chi connectivity index (χ2n) is 8.22. The fraction of sp³-hybridized carbons (Fsp3) is 0.185. The molecule has 0 aliphatic carbocycles. The van der Waals surface area contributed by atoms with Crippen LogP contribution in [0.15, 0.2) is 88.0 Å². The van der Waals surface area contributed by atoms with Gasteiger partial charge in [-0.1, -0.05) is 30.0 Å². The lowest BCUT2D eigenvalue weighted by molar-refractivity contribution is -0.120. The molecule has 9 nitrogen and oxygen atoms in total. The van der Waals surface area contributed by atoms with Crippen molar-refractivity contribution in [1.82, 2.24) is 20.2 Å². The summed E-state index contributed by atoms with van der Waals surface area (Å²) in [6.45, 7) is 6.81. The number of carbonyl (C=O) groups is 1. The lowest BCUT2D eigenvalue weighted by atomic mass is 10.2. The van der Waals surface area contributed by atoms with Gasteiger partial charge < -0.3 is 19.0 Å². The van der Waals surface area contributed by atoms with Crippen molar-refractivity contribution in [2.45, 2.75) is 37.0 Å². The average Bonchev–Trinajstić information content (AvgIpc) is 3.55. The van der Waals surface area contributed by atoms with Crippen LogP contribution in [-0.2, 0) is 24.5 Å². The van der Waals surface area contributed by atoms with Crippen LogP contribution in [0.2, 0.25) is 0 Å². The molecular formula is C27H26FIN6O3S. The first-order valence-electron chi connectivity index (χ1n) is 11.9. The van der Waals surface area contributed by atoms with Gasteiger partial charge in [-0.25, -0.2) is 9.82 Å². The van der Waals surface area contributed by atoms with Gasteiger partial charge in [0.15, 0.2) is 16.7 Å². The van der Waals surface area contributed by atoms with E-state index >= 15 is 0 Å². The molecule has 0 saturated carbocycles. The molecule has 0 radical (unpaired) electrons. The van der Waals surface area contributed by atoms with Crippen LogP contribution in [0.25, 0.3) is 0 Å². The maximum absolute atomic E-state index is 13.0. The number of carbonyl (C=O) groups excluding carboxylic acids is 1. The number of hydrogen-bond donors (Lipinski definition) is 2. The summed E-state index contributed by atoms with van der Waals surface area (Å²) in [7, 11) is 0. The second-order valence-corrected chi connectivity index (χ2v) is 10.8. The van der Waals surface area contributed by atoms with E-state index in [0.717, 1.165) is 20.6 Å². The van der Waals surface area contributed by atoms with Gasteiger partial charge in [-0.05, 0) is 77.5 Å². The van der Waals surface area contributed by atoms with Crippen molar-refractivity contribution >= 4 is 52.2 Å². The van der Waals surface area contributed by atoms with Gasteiger partial charge in [-0.3, -0.25) is 4.79 Å². The highest BCUT2D eigenvalue weighted by Crippen LogP contribution is 2.23. The molecule has 1 amide bonds. The highest BCUT2D eigenvalue weighted by molar-refractivity contribution is 14.1. The Balaban J connectivity index is 1.27. The Morgan fingerprint density at radius 1 is 1.21 bits per heavy atom. The molecule has 2 aromatic carbocycles. The topological polar surface area (TPSA) is 107 Å². The summed E-state index contributed by atoms with van der Waals surface area (Å²) in [5, 5.41) is 16.0. The number of halogens is 2. The number of nitrogens with zero attached hydrogens (tertiary/aromatic N) is 4. The number of nitrogens with one attached hydrogen (secondary N) is 2. The van der Waals surface area contributed by atoms with Crippen LogP contribution < -0.4 is 15.5 Å². The van der Waals surface area contributed by atoms with Gasteiger partial charge >= 0.3 is 0 Å². The molecule has 2 heterocycles. The number of hydrazone groups is 1. The van der Waals surface area contributed by atoms with E-state index in [9.17, 15) is 9.18 Å². The van der Waals surface area contributed by atoms with Crippen molar-refractivity contribution in [3.63, 3.8) is 0 Å². The van der Waals surface area contributed by atoms with E-state index < -0.39 is 5.25 Å². The Bertz CT molecular complexity index is 1420. The minimum atomic E-state index is -0.488. The van der Waals surface area contributed by atoms with Crippen LogP contribution in [-0.4, -0.2) is 32.1 Å². The molecule has 0 spiro atoms. The van der Waals surface area contributed by atoms with Crippen LogP contribution in [0.1, 0.15) is 24.1 Å². The number of thioether (sulfide) groups is 1. The summed E-state index contributed by atoms with van der Waals surface area (Å²) < 4.78 is 27.2. The van der Waals surface area contributed by atoms with Crippen molar-refractivity contribution in [2.75, 3.05) is 5.32 Å². The lowest BCUT2D eigenvalue weighted by Gasteiger charge is -2.12. The van der Waals surface area contributed by atoms with Crippen LogP contribution >= 0.6 is 34.4 Å². The molecule has 39 heavy (non-hydrogen) atoms. The van der Waals surface area contributed by atoms with Crippen molar-refractivity contribution in [1.29, 1.82) is 0 Å². The Labute approximate surface area is 243 Å². The van der Waals surface area contributed by atoms with E-state index in [-0.39, 0.29) is 24.3 Å². The average molecular weight is 661 g/mol. The molecule has 202 valence electrons. The van der Waals surface area contributed by atoms with Gasteiger partial charge in [0.2, 0.25) is 0 Å². The molecule has 4 rings (SSSR count). The predicted octanol–water partition coefficient (Wildman–Crippen LogP) is 5.62. The van der Waals surface area contributed by atoms with Gasteiger partial charge in [0.05, 0.1) is 18.0 Å². The fourth-order valence-corrected chi connectivity index (χ4v) is 4.51. The Morgan fingerprint density at radius 2 is 1.97 bits per heavy atom. The molecule has 12 heteroatoms. The zero-order valence-electron chi connectivity index (χ0n) is 21.0. The summed E-state index contributed by atoms with van der Waals surface area (Å²) in [5.41, 5.74) is 4.30. The first-order valence-corrected chi connectivity index (χ1v) is 13.9. The molecule has 0 fully saturated rings. The number of allylic oxidation sites excluding steroid dienone is 1. The third-order valence-corrected chi connectivity index (χ3v) is 7.11. The normalized spacial score (nSPS) is 11.9. The van der Waals surface area contributed by atoms with Crippen molar-refractivity contribution in [3.05, 3.63) is 99.9 Å². The molecule has 1 unspecified atom stereocenters. The summed E-state index contributed by atoms with van der Waals surface area (Å²) in [4.78, 5) is 12.6. The number of anilines is 1. The van der Waals surface area contributed by atoms with Crippen molar-refractivity contribution < 1.29 is 18.3 Å². The van der Waals surface area contributed by atoms with Crippen LogP contribution in [0, 0.1) is 9.39 Å². The van der Waals surface area contributed by atoms with E-state index in [4.69, 9.17) is 9.15 Å². The van der Waals surface area contributed by atoms with Gasteiger partial charge in [0.25, 0.3) is 11.9 Å². The molecule has 4 aromatic rings. The maximum Gasteiger partial charge on any atom is 0.285 e. The number of furan rings is 1. The van der Waals surface area contributed by atoms with Crippen LogP contribution in [0.4, 0.5) is 10.1 Å². The van der Waals surface area contributed by atoms with Crippen molar-refractivity contribution in [3.8, 4) is 5.95 Å². The summed E-state index contributed by atoms with van der Waals surface area (Å²) >= 11 is 3.54. The SMILES string of the molecule is C=CCn1c(CNc2ccc(I)cc2)nnc1SC(C)C(=O)N/N=C/c1ccc(OCc2ccc(F)cc2)o1. The van der Waals surface area contributed by atoms with E-state index in [2.05, 4.69) is 55.2 Å². The summed E-state index contributed by atoms with van der Waals surface area (Å²) in [6.07, 6.45) is 3.15. The fourth-order valence-electron chi connectivity index (χ4n) is 3.28. The molecule has 2 aromatic heterocycles. The molecule has 2 N–H and O–H groups in total. The quantitative estimate of drug-likeness (QED) is 0.0631. The molecule has 0 aliphatic rings. The zero-order valence-corrected chi connectivity index (χ0v) is 24.0. The standard InChI is InChI=1S/C27H26FIN6O3S/c1-3-14-35-24(16-30-22-10-8-21(29)9-11-22)32-34-27(35)39-18(2)26(36)33-31-15-23-12-13-25(38-23)37-17-19-4-6-20(28)7-5-19/h3-13,15,18,30H,1,14,16-17H2,2H3,(H,33,36)/b31-15+. The number of hydrogen-bond acceptors (Lipinski definition) is 8. The predicted molar refractivity (Wildman–Crippen MR) is 157 cm³/mol. The summed E-state index contributed by atoms with van der Waals surface area (Å²) in [5.74, 6) is 0.809. The zero-order chi connectivity index (χ0) is 27.6. The van der Waals surface area contributed by atoms with Gasteiger partial charge in [0, 0.05) is 21.9 Å². The van der Waals surface area contributed by atoms with Crippen LogP contribution in [0.5, 0.6) is 5.95 Å². The second kappa shape index (κ2) is 13.9. The van der Waals surface area contributed by atoms with Gasteiger partial charge in [-0.2, -0.15) is 5.10 Å². The first-order chi connectivity index (χ1) is 18.9. The third-order valence-electron chi connectivity index (χ3n) is 5.31. The van der Waals surface area contributed by atoms with E-state index in [1.54, 1.807) is 37.3 Å². The number of amides is 1. The lowest BCUT2D eigenvalue weighted by Crippen LogP contribution is -2.27. The number of rotatable bonds is 13. The minimum absolute atomic E-state index is 0.232. The van der Waals surface area contributed by atoms with Gasteiger partial charge in [0.1, 0.15) is 12.4 Å². The largest absolute Gasteiger partial charge is 0.460 e. The van der Waals surface area contributed by atoms with Crippen molar-refractivity contribution in [2.24, 2.45) is 5.10 Å². The Hall–Kier alpha value is -3.65. The first kappa shape index (κ1) is 28.4. The van der Waals surface area contributed by atoms with E-state index in [1.165, 1.54) is 30.1 Å². The number of ether oxygens (including phenoxy) is 1. The molecule has 0 saturated heterocycles. The smallest absolute Gasteiger partial charge is 0.285 e. The minimum Gasteiger partial charge on any atom is -0.460 e. The maximum atomic E-state index is 13.0. The molecule has 0 aliphatic heterocycles. The monoisotopic (exact) mass is 660 g/mol. The third kappa shape index (κ3) is 8.42. The highest BCUT2D eigenvalue weighted by atomic mass is 127. The molecule has 0 bridgehead atoms. The van der Waals surface area contributed by atoms with E-state index in [1.807, 2.05) is 28.8 Å².